The van der Waals surface area contributed by atoms with Gasteiger partial charge in [-0.1, -0.05) is 12.8 Å². The SMILES string of the molecule is NCC(F)(F)C(F)C1CCCC1. The second-order valence-corrected chi connectivity index (χ2v) is 3.41. The van der Waals surface area contributed by atoms with Crippen LogP contribution in [0.2, 0.25) is 0 Å². The van der Waals surface area contributed by atoms with E-state index in [4.69, 9.17) is 5.73 Å². The molecule has 0 heterocycles. The van der Waals surface area contributed by atoms with E-state index in [9.17, 15) is 13.2 Å². The number of rotatable bonds is 3. The van der Waals surface area contributed by atoms with E-state index in [1.54, 1.807) is 0 Å². The number of alkyl halides is 3. The first kappa shape index (κ1) is 9.84. The summed E-state index contributed by atoms with van der Waals surface area (Å²) in [7, 11) is 0. The maximum absolute atomic E-state index is 13.1. The van der Waals surface area contributed by atoms with Crippen LogP contribution in [0.15, 0.2) is 0 Å². The molecular weight excluding hydrogens is 167 g/mol. The number of halogens is 3. The molecule has 0 radical (unpaired) electrons. The molecule has 1 atom stereocenters. The predicted molar refractivity (Wildman–Crippen MR) is 40.9 cm³/mol. The molecule has 1 nitrogen and oxygen atoms in total. The van der Waals surface area contributed by atoms with Crippen LogP contribution >= 0.6 is 0 Å². The molecule has 1 fully saturated rings. The zero-order chi connectivity index (χ0) is 9.19. The smallest absolute Gasteiger partial charge is 0.290 e. The van der Waals surface area contributed by atoms with Crippen molar-refractivity contribution in [2.45, 2.75) is 37.8 Å². The molecule has 0 aromatic heterocycles. The average molecular weight is 181 g/mol. The molecular formula is C8H14F3N. The minimum atomic E-state index is -3.32. The Hall–Kier alpha value is -0.250. The van der Waals surface area contributed by atoms with E-state index in [0.717, 1.165) is 12.8 Å². The third-order valence-corrected chi connectivity index (χ3v) is 2.49. The quantitative estimate of drug-likeness (QED) is 0.709. The van der Waals surface area contributed by atoms with Gasteiger partial charge in [0.2, 0.25) is 0 Å². The molecule has 4 heteroatoms. The minimum absolute atomic E-state index is 0.469. The van der Waals surface area contributed by atoms with Gasteiger partial charge in [0.25, 0.3) is 5.92 Å². The Kier molecular flexibility index (Phi) is 2.99. The lowest BCUT2D eigenvalue weighted by molar-refractivity contribution is -0.0847. The van der Waals surface area contributed by atoms with Gasteiger partial charge in [0, 0.05) is 0 Å². The maximum Gasteiger partial charge on any atom is 0.290 e. The van der Waals surface area contributed by atoms with Crippen LogP contribution in [0.3, 0.4) is 0 Å². The number of nitrogens with two attached hydrogens (primary N) is 1. The summed E-state index contributed by atoms with van der Waals surface area (Å²) in [5.74, 6) is -3.79. The molecule has 1 aliphatic rings. The first-order valence-electron chi connectivity index (χ1n) is 4.30. The molecule has 1 saturated carbocycles. The Morgan fingerprint density at radius 3 is 2.25 bits per heavy atom. The second kappa shape index (κ2) is 3.64. The van der Waals surface area contributed by atoms with Gasteiger partial charge >= 0.3 is 0 Å². The van der Waals surface area contributed by atoms with Crippen molar-refractivity contribution in [3.63, 3.8) is 0 Å². The molecule has 1 rings (SSSR count). The summed E-state index contributed by atoms with van der Waals surface area (Å²) in [6, 6.07) is 0. The Morgan fingerprint density at radius 2 is 1.83 bits per heavy atom. The van der Waals surface area contributed by atoms with Crippen molar-refractivity contribution in [2.24, 2.45) is 11.7 Å². The van der Waals surface area contributed by atoms with E-state index < -0.39 is 24.6 Å². The second-order valence-electron chi connectivity index (χ2n) is 3.41. The fourth-order valence-corrected chi connectivity index (χ4v) is 1.71. The highest BCUT2D eigenvalue weighted by molar-refractivity contribution is 4.86. The summed E-state index contributed by atoms with van der Waals surface area (Å²) < 4.78 is 38.5. The standard InChI is InChI=1S/C8H14F3N/c9-7(8(10,11)5-12)6-3-1-2-4-6/h6-7H,1-5,12H2. The average Bonchev–Trinajstić information content (AvgIpc) is 2.55. The van der Waals surface area contributed by atoms with Crippen LogP contribution in [-0.2, 0) is 0 Å². The van der Waals surface area contributed by atoms with Crippen LogP contribution in [0.25, 0.3) is 0 Å². The predicted octanol–water partition coefficient (Wildman–Crippen LogP) is 2.11. The zero-order valence-corrected chi connectivity index (χ0v) is 6.90. The highest BCUT2D eigenvalue weighted by Crippen LogP contribution is 2.36. The van der Waals surface area contributed by atoms with E-state index in [-0.39, 0.29) is 0 Å². The van der Waals surface area contributed by atoms with Crippen LogP contribution < -0.4 is 5.73 Å². The van der Waals surface area contributed by atoms with Crippen molar-refractivity contribution in [1.29, 1.82) is 0 Å². The molecule has 1 aliphatic carbocycles. The zero-order valence-electron chi connectivity index (χ0n) is 6.90. The van der Waals surface area contributed by atoms with Gasteiger partial charge in [-0.05, 0) is 18.8 Å². The molecule has 0 bridgehead atoms. The van der Waals surface area contributed by atoms with Gasteiger partial charge in [0.15, 0.2) is 6.17 Å². The van der Waals surface area contributed by atoms with E-state index in [1.165, 1.54) is 0 Å². The summed E-state index contributed by atoms with van der Waals surface area (Å²) >= 11 is 0. The lowest BCUT2D eigenvalue weighted by Gasteiger charge is -2.23. The summed E-state index contributed by atoms with van der Waals surface area (Å²) in [5, 5.41) is 0. The van der Waals surface area contributed by atoms with Crippen LogP contribution in [0.5, 0.6) is 0 Å². The van der Waals surface area contributed by atoms with Gasteiger partial charge in [-0.2, -0.15) is 0 Å². The Bertz CT molecular complexity index is 143. The van der Waals surface area contributed by atoms with E-state index in [2.05, 4.69) is 0 Å². The third-order valence-electron chi connectivity index (χ3n) is 2.49. The maximum atomic E-state index is 13.1. The Balaban J connectivity index is 2.50. The molecule has 0 aromatic rings. The summed E-state index contributed by atoms with van der Waals surface area (Å²) in [4.78, 5) is 0. The minimum Gasteiger partial charge on any atom is -0.325 e. The molecule has 0 aliphatic heterocycles. The lowest BCUT2D eigenvalue weighted by atomic mass is 9.97. The molecule has 0 saturated heterocycles. The molecule has 2 N–H and O–H groups in total. The summed E-state index contributed by atoms with van der Waals surface area (Å²) in [6.07, 6.45) is 0.857. The molecule has 0 spiro atoms. The summed E-state index contributed by atoms with van der Waals surface area (Å²) in [5.41, 5.74) is 4.78. The van der Waals surface area contributed by atoms with Crippen LogP contribution in [0, 0.1) is 5.92 Å². The monoisotopic (exact) mass is 181 g/mol. The highest BCUT2D eigenvalue weighted by atomic mass is 19.3. The van der Waals surface area contributed by atoms with Crippen molar-refractivity contribution >= 4 is 0 Å². The van der Waals surface area contributed by atoms with E-state index >= 15 is 0 Å². The molecule has 12 heavy (non-hydrogen) atoms. The van der Waals surface area contributed by atoms with Crippen molar-refractivity contribution in [3.05, 3.63) is 0 Å². The Labute approximate surface area is 70.1 Å². The van der Waals surface area contributed by atoms with Gasteiger partial charge in [-0.3, -0.25) is 0 Å². The van der Waals surface area contributed by atoms with Crippen molar-refractivity contribution in [3.8, 4) is 0 Å². The fourth-order valence-electron chi connectivity index (χ4n) is 1.71. The first-order chi connectivity index (χ1) is 5.58. The number of hydrogen-bond donors (Lipinski definition) is 1. The molecule has 0 amide bonds. The Morgan fingerprint density at radius 1 is 1.33 bits per heavy atom. The lowest BCUT2D eigenvalue weighted by Crippen LogP contribution is -2.41. The molecule has 0 aromatic carbocycles. The van der Waals surface area contributed by atoms with Crippen molar-refractivity contribution < 1.29 is 13.2 Å². The first-order valence-corrected chi connectivity index (χ1v) is 4.30. The van der Waals surface area contributed by atoms with Gasteiger partial charge in [0.05, 0.1) is 6.54 Å². The third kappa shape index (κ3) is 1.91. The fraction of sp³-hybridized carbons (Fsp3) is 1.00. The van der Waals surface area contributed by atoms with E-state index in [0.29, 0.717) is 12.8 Å². The normalized spacial score (nSPS) is 23.0. The van der Waals surface area contributed by atoms with Gasteiger partial charge < -0.3 is 5.73 Å². The van der Waals surface area contributed by atoms with Gasteiger partial charge in [-0.15, -0.1) is 0 Å². The largest absolute Gasteiger partial charge is 0.325 e. The molecule has 1 unspecified atom stereocenters. The highest BCUT2D eigenvalue weighted by Gasteiger charge is 2.44. The van der Waals surface area contributed by atoms with Crippen molar-refractivity contribution in [1.82, 2.24) is 0 Å². The van der Waals surface area contributed by atoms with Gasteiger partial charge in [0.1, 0.15) is 0 Å². The van der Waals surface area contributed by atoms with Crippen LogP contribution in [0.4, 0.5) is 13.2 Å². The van der Waals surface area contributed by atoms with Crippen molar-refractivity contribution in [2.75, 3.05) is 6.54 Å². The number of hydrogen-bond acceptors (Lipinski definition) is 1. The van der Waals surface area contributed by atoms with Crippen LogP contribution in [-0.4, -0.2) is 18.6 Å². The van der Waals surface area contributed by atoms with E-state index in [1.807, 2.05) is 0 Å². The summed E-state index contributed by atoms with van der Waals surface area (Å²) in [6.45, 7) is -0.884. The van der Waals surface area contributed by atoms with Gasteiger partial charge in [-0.25, -0.2) is 13.2 Å². The van der Waals surface area contributed by atoms with Crippen LogP contribution in [0.1, 0.15) is 25.7 Å². The molecule has 72 valence electrons. The topological polar surface area (TPSA) is 26.0 Å².